The van der Waals surface area contributed by atoms with Crippen LogP contribution in [0, 0.1) is 23.6 Å². The zero-order chi connectivity index (χ0) is 42.5. The number of methoxy groups -OCH3 is 1. The lowest BCUT2D eigenvalue weighted by molar-refractivity contribution is -0.157. The predicted molar refractivity (Wildman–Crippen MR) is 206 cm³/mol. The summed E-state index contributed by atoms with van der Waals surface area (Å²) in [4.78, 5) is 62.7. The SMILES string of the molecule is CC[C@@H]1C[C@@H](C)CC/C=C\[C@@H]2C[C@@]2(C(=O)NS(=O)(=O)C2CC2)NC(=O)[C@@H]2C[C@@H](Oc3nccc4cc(OC)c(F)cc34)CN2C(=O)[C@H]1N(C(=O)O)C(C)(C)C(C)(F)F. The van der Waals surface area contributed by atoms with Crippen LogP contribution in [0.5, 0.6) is 11.6 Å². The van der Waals surface area contributed by atoms with Gasteiger partial charge in [-0.05, 0) is 87.8 Å². The van der Waals surface area contributed by atoms with Crippen molar-refractivity contribution >= 4 is 44.6 Å². The molecular weight excluding hydrogens is 784 g/mol. The van der Waals surface area contributed by atoms with E-state index in [2.05, 4.69) is 15.0 Å². The highest BCUT2D eigenvalue weighted by Crippen LogP contribution is 2.47. The van der Waals surface area contributed by atoms with Gasteiger partial charge in [0.05, 0.1) is 18.9 Å². The Labute approximate surface area is 335 Å². The van der Waals surface area contributed by atoms with Gasteiger partial charge < -0.3 is 24.8 Å². The number of carboxylic acid groups (broad SMARTS) is 1. The molecule has 1 aromatic heterocycles. The fourth-order valence-corrected chi connectivity index (χ4v) is 9.67. The third kappa shape index (κ3) is 8.30. The second-order valence-electron chi connectivity index (χ2n) is 16.8. The standard InChI is InChI=1S/C40H52F3N5O9S/c1-7-23-16-22(2)10-8-9-11-25-20-40(25,36(51)46-58(54,55)27-12-13-27)45-33(49)30-18-26(57-34-28-19-29(41)31(56-6)17-24(28)14-15-44-34)21-47(30)35(50)32(23)48(37(52)53)38(3,4)39(5,42)43/h9,11,14-15,17,19,22-23,25-27,30,32H,7-8,10,12-13,16,18,20-21H2,1-6H3,(H,45,49)(H,46,51)(H,52,53)/b11-9-/t22-,23+,25+,26+,30-,32-,40+/m0/s1. The lowest BCUT2D eigenvalue weighted by Gasteiger charge is -2.47. The Hall–Kier alpha value is -4.61. The first-order chi connectivity index (χ1) is 27.1. The quantitative estimate of drug-likeness (QED) is 0.262. The van der Waals surface area contributed by atoms with Crippen LogP contribution in [0.15, 0.2) is 36.5 Å². The minimum Gasteiger partial charge on any atom is -0.494 e. The van der Waals surface area contributed by atoms with E-state index in [0.29, 0.717) is 42.9 Å². The highest BCUT2D eigenvalue weighted by Gasteiger charge is 2.63. The Balaban J connectivity index is 1.44. The van der Waals surface area contributed by atoms with Crippen molar-refractivity contribution < 1.29 is 55.3 Å². The van der Waals surface area contributed by atoms with Crippen LogP contribution in [0.3, 0.4) is 0 Å². The molecular formula is C40H52F3N5O9S. The van der Waals surface area contributed by atoms with Gasteiger partial charge in [-0.25, -0.2) is 31.4 Å². The normalized spacial score (nSPS) is 28.9. The van der Waals surface area contributed by atoms with Gasteiger partial charge in [0.15, 0.2) is 11.6 Å². The lowest BCUT2D eigenvalue weighted by Crippen LogP contribution is -2.67. The molecule has 0 bridgehead atoms. The summed E-state index contributed by atoms with van der Waals surface area (Å²) in [6.45, 7) is 6.01. The van der Waals surface area contributed by atoms with Crippen LogP contribution in [0.1, 0.15) is 86.0 Å². The average molecular weight is 836 g/mol. The molecule has 318 valence electrons. The molecule has 3 N–H and O–H groups in total. The predicted octanol–water partition coefficient (Wildman–Crippen LogP) is 5.40. The van der Waals surface area contributed by atoms with Gasteiger partial charge >= 0.3 is 6.09 Å². The van der Waals surface area contributed by atoms with E-state index < -0.39 is 91.9 Å². The molecule has 14 nitrogen and oxygen atoms in total. The molecule has 58 heavy (non-hydrogen) atoms. The molecule has 4 aliphatic rings. The number of ether oxygens (including phenoxy) is 2. The number of carbonyl (C=O) groups excluding carboxylic acids is 3. The monoisotopic (exact) mass is 835 g/mol. The molecule has 0 radical (unpaired) electrons. The smallest absolute Gasteiger partial charge is 0.408 e. The lowest BCUT2D eigenvalue weighted by atomic mass is 9.81. The van der Waals surface area contributed by atoms with Crippen LogP contribution in [0.4, 0.5) is 18.0 Å². The van der Waals surface area contributed by atoms with Gasteiger partial charge in [-0.15, -0.1) is 0 Å². The number of fused-ring (bicyclic) bond motifs is 3. The largest absolute Gasteiger partial charge is 0.494 e. The van der Waals surface area contributed by atoms with Crippen molar-refractivity contribution in [2.75, 3.05) is 13.7 Å². The number of pyridine rings is 1. The van der Waals surface area contributed by atoms with E-state index in [1.165, 1.54) is 25.4 Å². The summed E-state index contributed by atoms with van der Waals surface area (Å²) in [5, 5.41) is 13.5. The van der Waals surface area contributed by atoms with Crippen molar-refractivity contribution in [2.45, 2.75) is 126 Å². The molecule has 18 heteroatoms. The molecule has 3 heterocycles. The summed E-state index contributed by atoms with van der Waals surface area (Å²) in [6.07, 6.45) is 4.45. The third-order valence-corrected chi connectivity index (χ3v) is 14.2. The molecule has 1 saturated heterocycles. The molecule has 4 amide bonds. The highest BCUT2D eigenvalue weighted by atomic mass is 32.2. The maximum absolute atomic E-state index is 15.4. The second-order valence-corrected chi connectivity index (χ2v) is 18.8. The van der Waals surface area contributed by atoms with E-state index in [9.17, 15) is 32.3 Å². The molecule has 0 spiro atoms. The van der Waals surface area contributed by atoms with Gasteiger partial charge in [-0.2, -0.15) is 0 Å². The number of benzene rings is 1. The number of allylic oxidation sites excluding steroid dienone is 1. The minimum absolute atomic E-state index is 0.0239. The Morgan fingerprint density at radius 1 is 1.16 bits per heavy atom. The summed E-state index contributed by atoms with van der Waals surface area (Å²) in [7, 11) is -2.70. The summed E-state index contributed by atoms with van der Waals surface area (Å²) in [5.41, 5.74) is -4.09. The fourth-order valence-electron chi connectivity index (χ4n) is 8.30. The topological polar surface area (TPSA) is 185 Å². The number of carbonyl (C=O) groups is 4. The fraction of sp³-hybridized carbons (Fsp3) is 0.625. The van der Waals surface area contributed by atoms with Crippen LogP contribution in [-0.4, -0.2) is 106 Å². The highest BCUT2D eigenvalue weighted by molar-refractivity contribution is 7.91. The van der Waals surface area contributed by atoms with Crippen LogP contribution in [0.2, 0.25) is 0 Å². The van der Waals surface area contributed by atoms with Gasteiger partial charge in [0, 0.05) is 30.8 Å². The van der Waals surface area contributed by atoms with Crippen LogP contribution in [-0.2, 0) is 24.4 Å². The van der Waals surface area contributed by atoms with E-state index >= 15 is 13.6 Å². The number of sulfonamides is 1. The number of halogens is 3. The van der Waals surface area contributed by atoms with Crippen molar-refractivity contribution in [1.82, 2.24) is 24.8 Å². The second kappa shape index (κ2) is 15.9. The Morgan fingerprint density at radius 3 is 2.48 bits per heavy atom. The molecule has 2 aromatic rings. The van der Waals surface area contributed by atoms with Gasteiger partial charge in [-0.3, -0.25) is 24.0 Å². The zero-order valence-corrected chi connectivity index (χ0v) is 34.3. The van der Waals surface area contributed by atoms with Crippen LogP contribution in [0.25, 0.3) is 10.8 Å². The number of amides is 4. The van der Waals surface area contributed by atoms with Crippen molar-refractivity contribution in [3.8, 4) is 11.6 Å². The number of alkyl halides is 2. The number of nitrogens with one attached hydrogen (secondary N) is 2. The third-order valence-electron chi connectivity index (χ3n) is 12.4. The number of rotatable bonds is 10. The molecule has 1 aromatic carbocycles. The van der Waals surface area contributed by atoms with Gasteiger partial charge in [-0.1, -0.05) is 32.4 Å². The molecule has 7 atom stereocenters. The van der Waals surface area contributed by atoms with Gasteiger partial charge in [0.2, 0.25) is 27.7 Å². The van der Waals surface area contributed by atoms with Crippen LogP contribution < -0.4 is 19.5 Å². The first-order valence-electron chi connectivity index (χ1n) is 19.7. The van der Waals surface area contributed by atoms with E-state index in [0.717, 1.165) is 18.7 Å². The van der Waals surface area contributed by atoms with Crippen LogP contribution >= 0.6 is 0 Å². The summed E-state index contributed by atoms with van der Waals surface area (Å²) in [6, 6.07) is 1.10. The molecule has 0 unspecified atom stereocenters. The van der Waals surface area contributed by atoms with E-state index in [1.807, 2.05) is 13.0 Å². The number of hydrogen-bond donors (Lipinski definition) is 3. The van der Waals surface area contributed by atoms with Gasteiger partial charge in [0.1, 0.15) is 29.3 Å². The Morgan fingerprint density at radius 2 is 1.86 bits per heavy atom. The Bertz CT molecular complexity index is 2090. The molecule has 6 rings (SSSR count). The van der Waals surface area contributed by atoms with E-state index in [-0.39, 0.29) is 55.2 Å². The van der Waals surface area contributed by atoms with Crippen molar-refractivity contribution in [3.63, 3.8) is 0 Å². The average Bonchev–Trinajstić information content (AvgIpc) is 4.07. The summed E-state index contributed by atoms with van der Waals surface area (Å²) < 4.78 is 85.1. The van der Waals surface area contributed by atoms with E-state index in [4.69, 9.17) is 9.47 Å². The maximum Gasteiger partial charge on any atom is 0.408 e. The van der Waals surface area contributed by atoms with Crippen molar-refractivity contribution in [1.29, 1.82) is 0 Å². The summed E-state index contributed by atoms with van der Waals surface area (Å²) >= 11 is 0. The first kappa shape index (κ1) is 43.0. The molecule has 2 saturated carbocycles. The first-order valence-corrected chi connectivity index (χ1v) is 21.2. The summed E-state index contributed by atoms with van der Waals surface area (Å²) in [5.74, 6) is -8.54. The number of aromatic nitrogens is 1. The number of nitrogens with zero attached hydrogens (tertiary/aromatic N) is 3. The van der Waals surface area contributed by atoms with E-state index in [1.54, 1.807) is 19.1 Å². The Kier molecular flexibility index (Phi) is 11.8. The number of hydrogen-bond acceptors (Lipinski definition) is 9. The molecule has 3 fully saturated rings. The zero-order valence-electron chi connectivity index (χ0n) is 33.5. The minimum atomic E-state index is -4.02. The van der Waals surface area contributed by atoms with Crippen molar-refractivity contribution in [2.24, 2.45) is 17.8 Å². The maximum atomic E-state index is 15.4. The molecule has 2 aliphatic heterocycles. The van der Waals surface area contributed by atoms with Gasteiger partial charge in [0.25, 0.3) is 11.8 Å². The van der Waals surface area contributed by atoms with Crippen molar-refractivity contribution in [3.05, 3.63) is 42.4 Å². The molecule has 2 aliphatic carbocycles.